The van der Waals surface area contributed by atoms with Gasteiger partial charge in [0.2, 0.25) is 0 Å². The van der Waals surface area contributed by atoms with Crippen molar-refractivity contribution in [1.29, 1.82) is 0 Å². The van der Waals surface area contributed by atoms with Gasteiger partial charge in [-0.25, -0.2) is 4.79 Å². The van der Waals surface area contributed by atoms with Crippen LogP contribution in [0.4, 0.5) is 4.79 Å². The molecule has 5 nitrogen and oxygen atoms in total. The third-order valence-electron chi connectivity index (χ3n) is 3.57. The van der Waals surface area contributed by atoms with Gasteiger partial charge in [0, 0.05) is 44.1 Å². The van der Waals surface area contributed by atoms with E-state index in [1.165, 1.54) is 0 Å². The predicted octanol–water partition coefficient (Wildman–Crippen LogP) is -0.177. The molecular weight excluding hydrogens is 208 g/mol. The maximum atomic E-state index is 11.6. The van der Waals surface area contributed by atoms with E-state index in [1.807, 2.05) is 0 Å². The Labute approximate surface area is 95.1 Å². The van der Waals surface area contributed by atoms with Crippen LogP contribution in [0.2, 0.25) is 0 Å². The molecule has 2 aliphatic rings. The van der Waals surface area contributed by atoms with Crippen molar-refractivity contribution in [2.75, 3.05) is 39.4 Å². The van der Waals surface area contributed by atoms with Gasteiger partial charge in [0.1, 0.15) is 6.61 Å². The average Bonchev–Trinajstić information content (AvgIpc) is 2.65. The van der Waals surface area contributed by atoms with Crippen LogP contribution in [0, 0.1) is 11.3 Å². The van der Waals surface area contributed by atoms with Crippen LogP contribution in [0.25, 0.3) is 0 Å². The molecule has 0 aromatic carbocycles. The molecule has 1 amide bonds. The topological polar surface area (TPSA) is 61.8 Å². The smallest absolute Gasteiger partial charge is 0.410 e. The number of carbonyl (C=O) groups excluding carboxylic acids is 1. The van der Waals surface area contributed by atoms with Gasteiger partial charge in [0.05, 0.1) is 0 Å². The van der Waals surface area contributed by atoms with Gasteiger partial charge in [0.15, 0.2) is 0 Å². The van der Waals surface area contributed by atoms with Crippen LogP contribution in [-0.4, -0.2) is 55.5 Å². The van der Waals surface area contributed by atoms with Crippen molar-refractivity contribution in [3.8, 4) is 0 Å². The number of aliphatic hydroxyl groups is 1. The Morgan fingerprint density at radius 1 is 1.69 bits per heavy atom. The maximum Gasteiger partial charge on any atom is 0.410 e. The number of likely N-dealkylation sites (tertiary alicyclic amines) is 1. The van der Waals surface area contributed by atoms with Crippen molar-refractivity contribution in [2.45, 2.75) is 0 Å². The maximum absolute atomic E-state index is 11.6. The van der Waals surface area contributed by atoms with Gasteiger partial charge in [0.25, 0.3) is 0 Å². The lowest BCUT2D eigenvalue weighted by molar-refractivity contribution is 0.0763. The Morgan fingerprint density at radius 2 is 2.44 bits per heavy atom. The first kappa shape index (κ1) is 11.4. The van der Waals surface area contributed by atoms with Gasteiger partial charge in [-0.15, -0.1) is 0 Å². The van der Waals surface area contributed by atoms with Crippen molar-refractivity contribution < 1.29 is 14.6 Å². The van der Waals surface area contributed by atoms with Crippen molar-refractivity contribution in [3.05, 3.63) is 12.7 Å². The minimum Gasteiger partial charge on any atom is -0.445 e. The Balaban J connectivity index is 1.94. The monoisotopic (exact) mass is 226 g/mol. The molecule has 16 heavy (non-hydrogen) atoms. The lowest BCUT2D eigenvalue weighted by Crippen LogP contribution is -2.58. The lowest BCUT2D eigenvalue weighted by Gasteiger charge is -2.42. The fourth-order valence-corrected chi connectivity index (χ4v) is 2.49. The second kappa shape index (κ2) is 4.43. The molecule has 2 N–H and O–H groups in total. The zero-order valence-corrected chi connectivity index (χ0v) is 9.32. The van der Waals surface area contributed by atoms with Crippen molar-refractivity contribution >= 4 is 6.09 Å². The highest BCUT2D eigenvalue weighted by molar-refractivity contribution is 5.68. The van der Waals surface area contributed by atoms with Gasteiger partial charge in [-0.2, -0.15) is 0 Å². The number of nitrogens with one attached hydrogen (secondary N) is 1. The minimum atomic E-state index is -0.304. The van der Waals surface area contributed by atoms with Crippen molar-refractivity contribution in [3.63, 3.8) is 0 Å². The summed E-state index contributed by atoms with van der Waals surface area (Å²) >= 11 is 0. The summed E-state index contributed by atoms with van der Waals surface area (Å²) in [6, 6.07) is 0. The van der Waals surface area contributed by atoms with Gasteiger partial charge >= 0.3 is 6.09 Å². The summed E-state index contributed by atoms with van der Waals surface area (Å²) in [7, 11) is 0. The van der Waals surface area contributed by atoms with Crippen LogP contribution in [-0.2, 0) is 4.74 Å². The molecule has 90 valence electrons. The number of rotatable bonds is 3. The molecule has 0 saturated carbocycles. The van der Waals surface area contributed by atoms with Gasteiger partial charge in [-0.05, 0) is 0 Å². The van der Waals surface area contributed by atoms with Crippen LogP contribution < -0.4 is 5.32 Å². The van der Waals surface area contributed by atoms with E-state index in [-0.39, 0.29) is 30.6 Å². The van der Waals surface area contributed by atoms with Crippen LogP contribution in [0.3, 0.4) is 0 Å². The van der Waals surface area contributed by atoms with E-state index >= 15 is 0 Å². The molecule has 1 spiro atoms. The minimum absolute atomic E-state index is 0.0714. The summed E-state index contributed by atoms with van der Waals surface area (Å²) in [6.45, 7) is 6.90. The molecule has 2 rings (SSSR count). The van der Waals surface area contributed by atoms with E-state index < -0.39 is 0 Å². The molecule has 2 saturated heterocycles. The van der Waals surface area contributed by atoms with Gasteiger partial charge in [-0.1, -0.05) is 12.7 Å². The third-order valence-corrected chi connectivity index (χ3v) is 3.57. The standard InChI is InChI=1S/C11H18N2O3/c1-2-3-16-10(15)13-4-9(5-14)11(8-13)6-12-7-11/h2,9,12,14H,1,3-8H2/t9-/m0/s1. The number of hydrogen-bond acceptors (Lipinski definition) is 4. The van der Waals surface area contributed by atoms with E-state index in [0.29, 0.717) is 13.1 Å². The summed E-state index contributed by atoms with van der Waals surface area (Å²) in [6.07, 6.45) is 1.25. The largest absolute Gasteiger partial charge is 0.445 e. The zero-order valence-electron chi connectivity index (χ0n) is 9.32. The quantitative estimate of drug-likeness (QED) is 0.655. The van der Waals surface area contributed by atoms with E-state index in [9.17, 15) is 9.90 Å². The zero-order chi connectivity index (χ0) is 11.6. The molecule has 5 heteroatoms. The van der Waals surface area contributed by atoms with Crippen LogP contribution >= 0.6 is 0 Å². The fraction of sp³-hybridized carbons (Fsp3) is 0.727. The number of aliphatic hydroxyl groups excluding tert-OH is 1. The second-order valence-electron chi connectivity index (χ2n) is 4.59. The first-order valence-electron chi connectivity index (χ1n) is 5.56. The van der Waals surface area contributed by atoms with E-state index in [4.69, 9.17) is 4.74 Å². The van der Waals surface area contributed by atoms with E-state index in [2.05, 4.69) is 11.9 Å². The molecular formula is C11H18N2O3. The van der Waals surface area contributed by atoms with E-state index in [0.717, 1.165) is 13.1 Å². The molecule has 0 bridgehead atoms. The molecule has 0 unspecified atom stereocenters. The van der Waals surface area contributed by atoms with Gasteiger partial charge < -0.3 is 20.1 Å². The van der Waals surface area contributed by atoms with Gasteiger partial charge in [-0.3, -0.25) is 0 Å². The SMILES string of the molecule is C=CCOC(=O)N1C[C@@H](CO)C2(CNC2)C1. The highest BCUT2D eigenvalue weighted by Gasteiger charge is 2.51. The summed E-state index contributed by atoms with van der Waals surface area (Å²) in [5.74, 6) is 0.171. The number of carbonyl (C=O) groups is 1. The fourth-order valence-electron chi connectivity index (χ4n) is 2.49. The lowest BCUT2D eigenvalue weighted by atomic mass is 9.73. The Morgan fingerprint density at radius 3 is 2.88 bits per heavy atom. The second-order valence-corrected chi connectivity index (χ2v) is 4.59. The summed E-state index contributed by atoms with van der Waals surface area (Å²) in [4.78, 5) is 13.3. The molecule has 2 aliphatic heterocycles. The summed E-state index contributed by atoms with van der Waals surface area (Å²) < 4.78 is 5.00. The predicted molar refractivity (Wildman–Crippen MR) is 59.0 cm³/mol. The number of hydrogen-bond donors (Lipinski definition) is 2. The highest BCUT2D eigenvalue weighted by atomic mass is 16.6. The van der Waals surface area contributed by atoms with Crippen LogP contribution in [0.5, 0.6) is 0 Å². The van der Waals surface area contributed by atoms with E-state index in [1.54, 1.807) is 11.0 Å². The molecule has 0 aromatic heterocycles. The Hall–Kier alpha value is -1.07. The highest BCUT2D eigenvalue weighted by Crippen LogP contribution is 2.39. The molecule has 0 radical (unpaired) electrons. The average molecular weight is 226 g/mol. The first-order chi connectivity index (χ1) is 7.72. The normalized spacial score (nSPS) is 26.6. The van der Waals surface area contributed by atoms with Crippen LogP contribution in [0.15, 0.2) is 12.7 Å². The van der Waals surface area contributed by atoms with Crippen LogP contribution in [0.1, 0.15) is 0 Å². The number of amides is 1. The van der Waals surface area contributed by atoms with Crippen molar-refractivity contribution in [1.82, 2.24) is 10.2 Å². The van der Waals surface area contributed by atoms with Crippen molar-refractivity contribution in [2.24, 2.45) is 11.3 Å². The molecule has 0 aromatic rings. The third kappa shape index (κ3) is 1.81. The Bertz CT molecular complexity index is 289. The Kier molecular flexibility index (Phi) is 3.16. The summed E-state index contributed by atoms with van der Waals surface area (Å²) in [5, 5.41) is 12.5. The molecule has 2 heterocycles. The molecule has 2 fully saturated rings. The number of nitrogens with zero attached hydrogens (tertiary/aromatic N) is 1. The molecule has 1 atom stereocenters. The molecule has 0 aliphatic carbocycles. The number of ether oxygens (including phenoxy) is 1. The summed E-state index contributed by atoms with van der Waals surface area (Å²) in [5.41, 5.74) is 0.0714. The first-order valence-corrected chi connectivity index (χ1v) is 5.56.